The first-order chi connectivity index (χ1) is 15.8. The van der Waals surface area contributed by atoms with Crippen LogP contribution in [0.15, 0.2) is 72.8 Å². The molecule has 4 rings (SSSR count). The van der Waals surface area contributed by atoms with E-state index in [9.17, 15) is 14.4 Å². The number of para-hydroxylation sites is 2. The van der Waals surface area contributed by atoms with Crippen molar-refractivity contribution in [3.8, 4) is 0 Å². The summed E-state index contributed by atoms with van der Waals surface area (Å²) in [5, 5.41) is 6.66. The van der Waals surface area contributed by atoms with Crippen LogP contribution >= 0.6 is 23.2 Å². The van der Waals surface area contributed by atoms with Crippen molar-refractivity contribution < 1.29 is 14.4 Å². The van der Waals surface area contributed by atoms with Gasteiger partial charge in [-0.05, 0) is 55.0 Å². The SMILES string of the molecule is Cc1ccccc1NC(=O)c1cc2cc(Cl)ccc2n1NC(=O)C(=O)Nc1ccccc1Cl. The van der Waals surface area contributed by atoms with Crippen molar-refractivity contribution in [2.75, 3.05) is 16.1 Å². The van der Waals surface area contributed by atoms with Gasteiger partial charge >= 0.3 is 11.8 Å². The highest BCUT2D eigenvalue weighted by atomic mass is 35.5. The third-order valence-electron chi connectivity index (χ3n) is 4.93. The van der Waals surface area contributed by atoms with Crippen molar-refractivity contribution in [1.29, 1.82) is 0 Å². The van der Waals surface area contributed by atoms with E-state index in [2.05, 4.69) is 16.1 Å². The van der Waals surface area contributed by atoms with Crippen LogP contribution in [0.5, 0.6) is 0 Å². The maximum absolute atomic E-state index is 13.1. The van der Waals surface area contributed by atoms with Crippen LogP contribution in [-0.4, -0.2) is 22.4 Å². The quantitative estimate of drug-likeness (QED) is 0.349. The number of nitrogens with zero attached hydrogens (tertiary/aromatic N) is 1. The first kappa shape index (κ1) is 22.4. The van der Waals surface area contributed by atoms with Crippen molar-refractivity contribution in [3.05, 3.63) is 94.1 Å². The molecular formula is C24H18Cl2N4O3. The van der Waals surface area contributed by atoms with E-state index in [0.29, 0.717) is 27.3 Å². The zero-order valence-electron chi connectivity index (χ0n) is 17.4. The van der Waals surface area contributed by atoms with Gasteiger partial charge in [-0.25, -0.2) is 4.68 Å². The Balaban J connectivity index is 1.65. The summed E-state index contributed by atoms with van der Waals surface area (Å²) in [6, 6.07) is 20.4. The van der Waals surface area contributed by atoms with Gasteiger partial charge in [0.1, 0.15) is 5.69 Å². The van der Waals surface area contributed by atoms with Gasteiger partial charge in [-0.2, -0.15) is 0 Å². The fraction of sp³-hybridized carbons (Fsp3) is 0.0417. The predicted octanol–water partition coefficient (Wildman–Crippen LogP) is 5.22. The first-order valence-corrected chi connectivity index (χ1v) is 10.6. The molecule has 0 spiro atoms. The third-order valence-corrected chi connectivity index (χ3v) is 5.50. The Morgan fingerprint density at radius 3 is 2.21 bits per heavy atom. The van der Waals surface area contributed by atoms with Crippen molar-refractivity contribution in [2.45, 2.75) is 6.92 Å². The average Bonchev–Trinajstić information content (AvgIpc) is 3.14. The lowest BCUT2D eigenvalue weighted by molar-refractivity contribution is -0.133. The maximum atomic E-state index is 13.1. The molecule has 1 aromatic heterocycles. The van der Waals surface area contributed by atoms with Crippen molar-refractivity contribution >= 4 is 63.2 Å². The molecule has 0 unspecified atom stereocenters. The van der Waals surface area contributed by atoms with Gasteiger partial charge in [-0.15, -0.1) is 0 Å². The van der Waals surface area contributed by atoms with Gasteiger partial charge in [0.05, 0.1) is 16.2 Å². The van der Waals surface area contributed by atoms with E-state index in [1.807, 2.05) is 19.1 Å². The van der Waals surface area contributed by atoms with Crippen LogP contribution < -0.4 is 16.1 Å². The summed E-state index contributed by atoms with van der Waals surface area (Å²) in [6.07, 6.45) is 0. The number of aryl methyl sites for hydroxylation is 1. The number of amides is 3. The normalized spacial score (nSPS) is 10.6. The van der Waals surface area contributed by atoms with Gasteiger partial charge in [-0.3, -0.25) is 19.8 Å². The molecule has 0 fully saturated rings. The molecule has 0 aliphatic heterocycles. The third kappa shape index (κ3) is 4.84. The zero-order valence-corrected chi connectivity index (χ0v) is 18.9. The Hall–Kier alpha value is -3.81. The summed E-state index contributed by atoms with van der Waals surface area (Å²) in [5.41, 5.74) is 4.90. The Labute approximate surface area is 199 Å². The number of benzene rings is 3. The van der Waals surface area contributed by atoms with Crippen molar-refractivity contribution in [1.82, 2.24) is 4.68 Å². The molecule has 0 atom stereocenters. The lowest BCUT2D eigenvalue weighted by Crippen LogP contribution is -2.36. The molecule has 166 valence electrons. The van der Waals surface area contributed by atoms with E-state index in [1.54, 1.807) is 60.7 Å². The van der Waals surface area contributed by atoms with E-state index in [-0.39, 0.29) is 10.7 Å². The second kappa shape index (κ2) is 9.36. The van der Waals surface area contributed by atoms with E-state index in [4.69, 9.17) is 23.2 Å². The number of hydrogen-bond donors (Lipinski definition) is 3. The van der Waals surface area contributed by atoms with Gasteiger partial charge in [0.2, 0.25) is 0 Å². The standard InChI is InChI=1S/C24H18Cl2N4O3/c1-14-6-2-4-8-18(14)27-22(31)21-13-15-12-16(25)10-11-20(15)30(21)29-24(33)23(32)28-19-9-5-3-7-17(19)26/h2-13H,1H3,(H,27,31)(H,28,32)(H,29,33). The number of aromatic nitrogens is 1. The van der Waals surface area contributed by atoms with Crippen molar-refractivity contribution in [3.63, 3.8) is 0 Å². The molecule has 9 heteroatoms. The largest absolute Gasteiger partial charge is 0.328 e. The second-order valence-electron chi connectivity index (χ2n) is 7.21. The van der Waals surface area contributed by atoms with Crippen LogP contribution in [0.4, 0.5) is 11.4 Å². The molecule has 4 aromatic rings. The molecule has 3 amide bonds. The molecule has 0 saturated carbocycles. The van der Waals surface area contributed by atoms with Gasteiger partial charge in [0.25, 0.3) is 5.91 Å². The van der Waals surface area contributed by atoms with E-state index < -0.39 is 17.7 Å². The fourth-order valence-electron chi connectivity index (χ4n) is 3.27. The molecule has 1 heterocycles. The van der Waals surface area contributed by atoms with Crippen LogP contribution in [0, 0.1) is 6.92 Å². The number of carbonyl (C=O) groups excluding carboxylic acids is 3. The highest BCUT2D eigenvalue weighted by Crippen LogP contribution is 2.24. The molecule has 0 radical (unpaired) electrons. The minimum atomic E-state index is -0.979. The van der Waals surface area contributed by atoms with Crippen molar-refractivity contribution in [2.24, 2.45) is 0 Å². The maximum Gasteiger partial charge on any atom is 0.328 e. The average molecular weight is 481 g/mol. The summed E-state index contributed by atoms with van der Waals surface area (Å²) in [7, 11) is 0. The van der Waals surface area contributed by atoms with Crippen LogP contribution in [0.25, 0.3) is 10.9 Å². The number of hydrogen-bond acceptors (Lipinski definition) is 3. The topological polar surface area (TPSA) is 92.2 Å². The van der Waals surface area contributed by atoms with E-state index >= 15 is 0 Å². The highest BCUT2D eigenvalue weighted by molar-refractivity contribution is 6.44. The zero-order chi connectivity index (χ0) is 23.5. The van der Waals surface area contributed by atoms with E-state index in [1.165, 1.54) is 4.68 Å². The summed E-state index contributed by atoms with van der Waals surface area (Å²) in [4.78, 5) is 38.3. The summed E-state index contributed by atoms with van der Waals surface area (Å²) in [5.74, 6) is -2.39. The minimum Gasteiger partial charge on any atom is -0.320 e. The summed E-state index contributed by atoms with van der Waals surface area (Å²) >= 11 is 12.1. The molecule has 0 aliphatic rings. The molecule has 0 saturated heterocycles. The summed E-state index contributed by atoms with van der Waals surface area (Å²) in [6.45, 7) is 1.87. The lowest BCUT2D eigenvalue weighted by Gasteiger charge is -2.13. The molecule has 0 bridgehead atoms. The van der Waals surface area contributed by atoms with Gasteiger partial charge in [-0.1, -0.05) is 53.5 Å². The molecule has 0 aliphatic carbocycles. The molecule has 3 N–H and O–H groups in total. The monoisotopic (exact) mass is 480 g/mol. The number of anilines is 2. The molecule has 33 heavy (non-hydrogen) atoms. The lowest BCUT2D eigenvalue weighted by atomic mass is 10.2. The minimum absolute atomic E-state index is 0.120. The molecule has 7 nitrogen and oxygen atoms in total. The van der Waals surface area contributed by atoms with Crippen LogP contribution in [0.1, 0.15) is 16.1 Å². The second-order valence-corrected chi connectivity index (χ2v) is 8.06. The Morgan fingerprint density at radius 2 is 1.48 bits per heavy atom. The van der Waals surface area contributed by atoms with Gasteiger partial charge in [0, 0.05) is 16.1 Å². The number of halogens is 2. The fourth-order valence-corrected chi connectivity index (χ4v) is 3.63. The highest BCUT2D eigenvalue weighted by Gasteiger charge is 2.22. The number of rotatable bonds is 4. The molecule has 3 aromatic carbocycles. The van der Waals surface area contributed by atoms with Crippen LogP contribution in [0.3, 0.4) is 0 Å². The Bertz CT molecular complexity index is 1400. The van der Waals surface area contributed by atoms with Gasteiger partial charge < -0.3 is 10.6 Å². The van der Waals surface area contributed by atoms with Crippen LogP contribution in [0.2, 0.25) is 10.0 Å². The smallest absolute Gasteiger partial charge is 0.320 e. The van der Waals surface area contributed by atoms with Gasteiger partial charge in [0.15, 0.2) is 0 Å². The first-order valence-electron chi connectivity index (χ1n) is 9.88. The molecular weight excluding hydrogens is 463 g/mol. The van der Waals surface area contributed by atoms with Crippen LogP contribution in [-0.2, 0) is 9.59 Å². The number of nitrogens with one attached hydrogen (secondary N) is 3. The summed E-state index contributed by atoms with van der Waals surface area (Å²) < 4.78 is 1.26. The number of fused-ring (bicyclic) bond motifs is 1. The predicted molar refractivity (Wildman–Crippen MR) is 131 cm³/mol. The number of carbonyl (C=O) groups is 3. The Morgan fingerprint density at radius 1 is 0.788 bits per heavy atom. The Kier molecular flexibility index (Phi) is 6.35. The van der Waals surface area contributed by atoms with E-state index in [0.717, 1.165) is 5.56 Å².